The van der Waals surface area contributed by atoms with Crippen molar-refractivity contribution in [1.82, 2.24) is 10.0 Å². The highest BCUT2D eigenvalue weighted by Gasteiger charge is 2.38. The van der Waals surface area contributed by atoms with Gasteiger partial charge in [0.05, 0.1) is 0 Å². The SMILES string of the molecule is CCNC1CCc2cc(O)c(N3CC(=O)NS3(=O)=O)c(F)c2CC1. The summed E-state index contributed by atoms with van der Waals surface area (Å²) in [7, 11) is -4.17. The van der Waals surface area contributed by atoms with E-state index in [2.05, 4.69) is 5.32 Å². The van der Waals surface area contributed by atoms with Crippen LogP contribution >= 0.6 is 0 Å². The molecule has 1 fully saturated rings. The third kappa shape index (κ3) is 2.93. The summed E-state index contributed by atoms with van der Waals surface area (Å²) in [5.74, 6) is -1.98. The monoisotopic (exact) mass is 357 g/mol. The molecule has 7 nitrogen and oxygen atoms in total. The van der Waals surface area contributed by atoms with E-state index >= 15 is 4.39 Å². The number of phenolic OH excluding ortho intramolecular Hbond substituents is 1. The molecule has 1 aliphatic heterocycles. The van der Waals surface area contributed by atoms with Crippen LogP contribution in [0.5, 0.6) is 5.75 Å². The van der Waals surface area contributed by atoms with E-state index in [-0.39, 0.29) is 6.04 Å². The minimum Gasteiger partial charge on any atom is -0.506 e. The van der Waals surface area contributed by atoms with Crippen LogP contribution in [0.15, 0.2) is 6.07 Å². The van der Waals surface area contributed by atoms with E-state index in [1.807, 2.05) is 6.92 Å². The van der Waals surface area contributed by atoms with Gasteiger partial charge < -0.3 is 10.4 Å². The number of halogens is 1. The molecule has 24 heavy (non-hydrogen) atoms. The smallest absolute Gasteiger partial charge is 0.326 e. The number of aromatic hydroxyl groups is 1. The van der Waals surface area contributed by atoms with Gasteiger partial charge in [-0.05, 0) is 49.4 Å². The van der Waals surface area contributed by atoms with Crippen LogP contribution in [0.2, 0.25) is 0 Å². The highest BCUT2D eigenvalue weighted by molar-refractivity contribution is 7.92. The second-order valence-electron chi connectivity index (χ2n) is 6.06. The number of hydrogen-bond donors (Lipinski definition) is 3. The number of nitrogens with one attached hydrogen (secondary N) is 2. The second kappa shape index (κ2) is 6.21. The van der Waals surface area contributed by atoms with Gasteiger partial charge in [-0.15, -0.1) is 0 Å². The van der Waals surface area contributed by atoms with Crippen molar-refractivity contribution in [3.8, 4) is 5.75 Å². The summed E-state index contributed by atoms with van der Waals surface area (Å²) in [4.78, 5) is 11.4. The molecule has 3 N–H and O–H groups in total. The number of fused-ring (bicyclic) bond motifs is 1. The molecule has 9 heteroatoms. The fraction of sp³-hybridized carbons (Fsp3) is 0.533. The van der Waals surface area contributed by atoms with Crippen molar-refractivity contribution in [3.63, 3.8) is 0 Å². The van der Waals surface area contributed by atoms with E-state index in [0.29, 0.717) is 28.3 Å². The summed E-state index contributed by atoms with van der Waals surface area (Å²) in [6.07, 6.45) is 2.59. The van der Waals surface area contributed by atoms with Gasteiger partial charge in [-0.1, -0.05) is 6.92 Å². The van der Waals surface area contributed by atoms with E-state index in [4.69, 9.17) is 0 Å². The van der Waals surface area contributed by atoms with Crippen LogP contribution < -0.4 is 14.3 Å². The minimum atomic E-state index is -4.17. The van der Waals surface area contributed by atoms with E-state index in [9.17, 15) is 18.3 Å². The Morgan fingerprint density at radius 1 is 1.42 bits per heavy atom. The molecule has 1 unspecified atom stereocenters. The molecule has 1 heterocycles. The Morgan fingerprint density at radius 3 is 2.75 bits per heavy atom. The van der Waals surface area contributed by atoms with Gasteiger partial charge >= 0.3 is 10.2 Å². The van der Waals surface area contributed by atoms with Gasteiger partial charge in [-0.3, -0.25) is 4.79 Å². The molecule has 2 aliphatic rings. The van der Waals surface area contributed by atoms with Gasteiger partial charge in [0.15, 0.2) is 5.82 Å². The number of phenols is 1. The third-order valence-electron chi connectivity index (χ3n) is 4.48. The second-order valence-corrected chi connectivity index (χ2v) is 7.66. The molecule has 0 saturated carbocycles. The van der Waals surface area contributed by atoms with Crippen molar-refractivity contribution >= 4 is 21.8 Å². The van der Waals surface area contributed by atoms with Crippen LogP contribution in [0.1, 0.15) is 30.9 Å². The number of nitrogens with zero attached hydrogens (tertiary/aromatic N) is 1. The number of hydrogen-bond acceptors (Lipinski definition) is 5. The Labute approximate surface area is 140 Å². The summed E-state index contributed by atoms with van der Waals surface area (Å²) in [6, 6.07) is 1.67. The number of anilines is 1. The minimum absolute atomic E-state index is 0.256. The molecule has 0 aromatic heterocycles. The van der Waals surface area contributed by atoms with Crippen LogP contribution in [0.4, 0.5) is 10.1 Å². The van der Waals surface area contributed by atoms with Crippen LogP contribution in [-0.4, -0.2) is 38.6 Å². The molecule has 1 aromatic rings. The molecular formula is C15H20FN3O4S. The van der Waals surface area contributed by atoms with Crippen LogP contribution in [-0.2, 0) is 27.8 Å². The number of rotatable bonds is 3. The quantitative estimate of drug-likeness (QED) is 0.687. The normalized spacial score (nSPS) is 22.8. The number of aryl methyl sites for hydroxylation is 1. The Bertz CT molecular complexity index is 781. The molecule has 3 rings (SSSR count). The van der Waals surface area contributed by atoms with E-state index in [1.54, 1.807) is 4.72 Å². The predicted molar refractivity (Wildman–Crippen MR) is 86.6 cm³/mol. The lowest BCUT2D eigenvalue weighted by Gasteiger charge is -2.20. The zero-order valence-electron chi connectivity index (χ0n) is 13.3. The number of amides is 1. The third-order valence-corrected chi connectivity index (χ3v) is 5.86. The average molecular weight is 357 g/mol. The molecule has 0 bridgehead atoms. The lowest BCUT2D eigenvalue weighted by atomic mass is 10.0. The Hall–Kier alpha value is -1.87. The molecular weight excluding hydrogens is 337 g/mol. The first-order valence-electron chi connectivity index (χ1n) is 7.93. The molecule has 0 radical (unpaired) electrons. The Balaban J connectivity index is 2.02. The molecule has 1 amide bonds. The summed E-state index contributed by atoms with van der Waals surface area (Å²) < 4.78 is 41.3. The van der Waals surface area contributed by atoms with E-state index in [0.717, 1.165) is 19.4 Å². The summed E-state index contributed by atoms with van der Waals surface area (Å²) >= 11 is 0. The molecule has 0 spiro atoms. The lowest BCUT2D eigenvalue weighted by Crippen LogP contribution is -2.30. The van der Waals surface area contributed by atoms with Crippen LogP contribution in [0.3, 0.4) is 0 Å². The molecule has 1 atom stereocenters. The molecule has 1 aromatic carbocycles. The first-order valence-corrected chi connectivity index (χ1v) is 9.37. The predicted octanol–water partition coefficient (Wildman–Crippen LogP) is 0.569. The zero-order valence-corrected chi connectivity index (χ0v) is 14.1. The van der Waals surface area contributed by atoms with Gasteiger partial charge in [0.2, 0.25) is 0 Å². The molecule has 132 valence electrons. The van der Waals surface area contributed by atoms with Crippen molar-refractivity contribution in [3.05, 3.63) is 23.0 Å². The number of carbonyl (C=O) groups excluding carboxylic acids is 1. The average Bonchev–Trinajstić information content (AvgIpc) is 2.66. The number of carbonyl (C=O) groups is 1. The highest BCUT2D eigenvalue weighted by Crippen LogP contribution is 2.39. The van der Waals surface area contributed by atoms with Crippen LogP contribution in [0.25, 0.3) is 0 Å². The van der Waals surface area contributed by atoms with Gasteiger partial charge in [0.25, 0.3) is 5.91 Å². The van der Waals surface area contributed by atoms with E-state index in [1.165, 1.54) is 6.07 Å². The lowest BCUT2D eigenvalue weighted by molar-refractivity contribution is -0.117. The Morgan fingerprint density at radius 2 is 2.12 bits per heavy atom. The fourth-order valence-electron chi connectivity index (χ4n) is 3.38. The van der Waals surface area contributed by atoms with Crippen molar-refractivity contribution in [2.75, 3.05) is 17.4 Å². The molecule has 1 saturated heterocycles. The van der Waals surface area contributed by atoms with Crippen LogP contribution in [0, 0.1) is 5.82 Å². The van der Waals surface area contributed by atoms with Gasteiger partial charge in [0.1, 0.15) is 18.0 Å². The van der Waals surface area contributed by atoms with Crippen molar-refractivity contribution in [2.24, 2.45) is 0 Å². The maximum Gasteiger partial charge on any atom is 0.326 e. The van der Waals surface area contributed by atoms with E-state index < -0.39 is 39.9 Å². The first kappa shape index (κ1) is 17.0. The standard InChI is InChI=1S/C15H20FN3O4S/c1-2-17-10-4-3-9-7-12(20)15(14(16)11(9)6-5-10)19-8-13(21)18-24(19,22)23/h7,10,17,20H,2-6,8H2,1H3,(H,18,21). The maximum atomic E-state index is 15.0. The topological polar surface area (TPSA) is 98.7 Å². The largest absolute Gasteiger partial charge is 0.506 e. The van der Waals surface area contributed by atoms with Crippen molar-refractivity contribution in [1.29, 1.82) is 0 Å². The Kier molecular flexibility index (Phi) is 4.39. The highest BCUT2D eigenvalue weighted by atomic mass is 32.2. The fourth-order valence-corrected chi connectivity index (χ4v) is 4.54. The maximum absolute atomic E-state index is 15.0. The molecule has 1 aliphatic carbocycles. The summed E-state index contributed by atoms with van der Waals surface area (Å²) in [6.45, 7) is 2.29. The van der Waals surface area contributed by atoms with Gasteiger partial charge in [0, 0.05) is 6.04 Å². The first-order chi connectivity index (χ1) is 11.3. The summed E-state index contributed by atoms with van der Waals surface area (Å²) in [5.41, 5.74) is 0.650. The zero-order chi connectivity index (χ0) is 17.5. The van der Waals surface area contributed by atoms with Crippen molar-refractivity contribution in [2.45, 2.75) is 38.6 Å². The van der Waals surface area contributed by atoms with Gasteiger partial charge in [-0.25, -0.2) is 13.4 Å². The summed E-state index contributed by atoms with van der Waals surface area (Å²) in [5, 5.41) is 13.5. The van der Waals surface area contributed by atoms with Gasteiger partial charge in [-0.2, -0.15) is 8.42 Å². The number of benzene rings is 1. The van der Waals surface area contributed by atoms with Crippen molar-refractivity contribution < 1.29 is 22.7 Å².